The Morgan fingerprint density at radius 1 is 0.704 bits per heavy atom. The molecule has 0 spiro atoms. The minimum absolute atomic E-state index is 0.0780. The number of rotatable bonds is 7. The van der Waals surface area contributed by atoms with Gasteiger partial charge in [0.1, 0.15) is 11.6 Å². The summed E-state index contributed by atoms with van der Waals surface area (Å²) in [7, 11) is 0. The van der Waals surface area contributed by atoms with Gasteiger partial charge in [-0.2, -0.15) is 0 Å². The molecule has 1 unspecified atom stereocenters. The largest absolute Gasteiger partial charge is 0.478 e. The second-order valence-corrected chi connectivity index (χ2v) is 14.8. The molecule has 1 aliphatic heterocycles. The summed E-state index contributed by atoms with van der Waals surface area (Å²) in [5.74, 6) is 1.94. The molecule has 8 rings (SSSR count). The first-order chi connectivity index (χ1) is 26.0. The lowest BCUT2D eigenvalue weighted by molar-refractivity contribution is 0.0696. The fraction of sp³-hybridized carbons (Fsp3) is 0.267. The number of likely N-dealkylation sites (tertiary alicyclic amines) is 1. The van der Waals surface area contributed by atoms with Crippen LogP contribution in [0.15, 0.2) is 109 Å². The lowest BCUT2D eigenvalue weighted by Gasteiger charge is -2.17. The van der Waals surface area contributed by atoms with Crippen LogP contribution in [0.5, 0.6) is 0 Å². The number of carbonyl (C=O) groups is 2. The normalized spacial score (nSPS) is 14.2. The van der Waals surface area contributed by atoms with Gasteiger partial charge in [-0.25, -0.2) is 14.8 Å². The number of hydrogen-bond acceptors (Lipinski definition) is 5. The number of hydrogen-bond donors (Lipinski definition) is 1. The molecule has 1 atom stereocenters. The van der Waals surface area contributed by atoms with Gasteiger partial charge < -0.3 is 10.0 Å². The van der Waals surface area contributed by atoms with Gasteiger partial charge in [0.25, 0.3) is 5.91 Å². The number of aromatic carboxylic acids is 1. The third-order valence-electron chi connectivity index (χ3n) is 10.1. The van der Waals surface area contributed by atoms with Gasteiger partial charge in [0.05, 0.1) is 27.6 Å². The molecule has 274 valence electrons. The number of carboxylic acid groups (broad SMARTS) is 1. The van der Waals surface area contributed by atoms with Gasteiger partial charge >= 0.3 is 5.97 Å². The van der Waals surface area contributed by atoms with Gasteiger partial charge in [0, 0.05) is 60.2 Å². The third kappa shape index (κ3) is 7.26. The van der Waals surface area contributed by atoms with Crippen molar-refractivity contribution in [3.8, 4) is 11.4 Å². The number of carboxylic acids is 1. The Labute approximate surface area is 316 Å². The molecule has 3 aromatic heterocycles. The van der Waals surface area contributed by atoms with E-state index in [0.29, 0.717) is 17.0 Å². The summed E-state index contributed by atoms with van der Waals surface area (Å²) in [6, 6.07) is 31.8. The highest BCUT2D eigenvalue weighted by Crippen LogP contribution is 2.31. The van der Waals surface area contributed by atoms with Crippen LogP contribution in [-0.2, 0) is 0 Å². The SMILES string of the molecule is Cc1ccc(-n2c(C(C)C)nc3cc(C(=O)N4CCC(c5cccnc5)C4)ccc32)cc1.Cc1ccc(-n2c(C(C)C)nc3cc(C(=O)O)ccc32)cc1. The molecule has 1 saturated heterocycles. The first-order valence-electron chi connectivity index (χ1n) is 18.6. The van der Waals surface area contributed by atoms with Gasteiger partial charge in [0.2, 0.25) is 0 Å². The van der Waals surface area contributed by atoms with E-state index in [2.05, 4.69) is 115 Å². The van der Waals surface area contributed by atoms with E-state index in [1.165, 1.54) is 16.7 Å². The number of fused-ring (bicyclic) bond motifs is 2. The molecule has 1 N–H and O–H groups in total. The van der Waals surface area contributed by atoms with E-state index in [1.807, 2.05) is 41.4 Å². The summed E-state index contributed by atoms with van der Waals surface area (Å²) in [5.41, 5.74) is 10.3. The predicted molar refractivity (Wildman–Crippen MR) is 214 cm³/mol. The maximum Gasteiger partial charge on any atom is 0.335 e. The van der Waals surface area contributed by atoms with Gasteiger partial charge in [-0.15, -0.1) is 0 Å². The molecule has 0 radical (unpaired) electrons. The van der Waals surface area contributed by atoms with Crippen LogP contribution in [-0.4, -0.2) is 59.1 Å². The molecule has 0 aliphatic carbocycles. The Kier molecular flexibility index (Phi) is 10.1. The van der Waals surface area contributed by atoms with Crippen LogP contribution in [0, 0.1) is 13.8 Å². The lowest BCUT2D eigenvalue weighted by Crippen LogP contribution is -2.28. The quantitative estimate of drug-likeness (QED) is 0.176. The highest BCUT2D eigenvalue weighted by molar-refractivity contribution is 5.98. The molecule has 4 aromatic carbocycles. The smallest absolute Gasteiger partial charge is 0.335 e. The van der Waals surface area contributed by atoms with E-state index in [-0.39, 0.29) is 23.3 Å². The van der Waals surface area contributed by atoms with Crippen molar-refractivity contribution in [1.82, 2.24) is 29.0 Å². The van der Waals surface area contributed by atoms with Crippen molar-refractivity contribution in [2.24, 2.45) is 0 Å². The molecule has 4 heterocycles. The molecule has 1 fully saturated rings. The first kappa shape index (κ1) is 36.3. The average Bonchev–Trinajstić information content (AvgIpc) is 3.92. The summed E-state index contributed by atoms with van der Waals surface area (Å²) in [4.78, 5) is 40.2. The molecule has 7 aromatic rings. The molecular formula is C45H46N6O3. The summed E-state index contributed by atoms with van der Waals surface area (Å²) < 4.78 is 4.31. The minimum atomic E-state index is -0.933. The highest BCUT2D eigenvalue weighted by atomic mass is 16.4. The van der Waals surface area contributed by atoms with Crippen molar-refractivity contribution in [3.05, 3.63) is 149 Å². The zero-order valence-electron chi connectivity index (χ0n) is 31.7. The molecule has 54 heavy (non-hydrogen) atoms. The Balaban J connectivity index is 0.000000179. The average molecular weight is 719 g/mol. The fourth-order valence-electron chi connectivity index (χ4n) is 7.19. The number of benzene rings is 4. The second-order valence-electron chi connectivity index (χ2n) is 14.8. The number of aromatic nitrogens is 5. The zero-order valence-corrected chi connectivity index (χ0v) is 31.7. The van der Waals surface area contributed by atoms with Crippen molar-refractivity contribution in [2.45, 2.75) is 65.7 Å². The number of amides is 1. The Morgan fingerprint density at radius 3 is 1.70 bits per heavy atom. The topological polar surface area (TPSA) is 106 Å². The lowest BCUT2D eigenvalue weighted by atomic mass is 10.0. The highest BCUT2D eigenvalue weighted by Gasteiger charge is 2.29. The summed E-state index contributed by atoms with van der Waals surface area (Å²) >= 11 is 0. The maximum atomic E-state index is 13.3. The number of pyridine rings is 1. The Bertz CT molecular complexity index is 2440. The van der Waals surface area contributed by atoms with Crippen molar-refractivity contribution in [3.63, 3.8) is 0 Å². The van der Waals surface area contributed by atoms with E-state index in [0.717, 1.165) is 59.1 Å². The molecule has 9 heteroatoms. The zero-order chi connectivity index (χ0) is 38.1. The summed E-state index contributed by atoms with van der Waals surface area (Å²) in [6.07, 6.45) is 4.67. The van der Waals surface area contributed by atoms with Crippen molar-refractivity contribution in [2.75, 3.05) is 13.1 Å². The number of imidazole rings is 2. The fourth-order valence-corrected chi connectivity index (χ4v) is 7.19. The van der Waals surface area contributed by atoms with Crippen LogP contribution in [0.1, 0.15) is 101 Å². The Morgan fingerprint density at radius 2 is 1.22 bits per heavy atom. The van der Waals surface area contributed by atoms with Crippen molar-refractivity contribution >= 4 is 33.9 Å². The number of nitrogens with zero attached hydrogens (tertiary/aromatic N) is 6. The van der Waals surface area contributed by atoms with Crippen LogP contribution >= 0.6 is 0 Å². The second kappa shape index (κ2) is 15.1. The van der Waals surface area contributed by atoms with E-state index in [1.54, 1.807) is 18.3 Å². The van der Waals surface area contributed by atoms with Crippen molar-refractivity contribution in [1.29, 1.82) is 0 Å². The third-order valence-corrected chi connectivity index (χ3v) is 10.1. The predicted octanol–water partition coefficient (Wildman–Crippen LogP) is 9.64. The van der Waals surface area contributed by atoms with E-state index in [4.69, 9.17) is 10.1 Å². The van der Waals surface area contributed by atoms with Gasteiger partial charge in [-0.3, -0.25) is 18.9 Å². The van der Waals surface area contributed by atoms with Crippen LogP contribution in [0.25, 0.3) is 33.4 Å². The molecule has 0 saturated carbocycles. The van der Waals surface area contributed by atoms with Crippen LogP contribution in [0.4, 0.5) is 0 Å². The van der Waals surface area contributed by atoms with Gasteiger partial charge in [-0.05, 0) is 92.6 Å². The minimum Gasteiger partial charge on any atom is -0.478 e. The number of carbonyl (C=O) groups excluding carboxylic acids is 1. The van der Waals surface area contributed by atoms with Gasteiger partial charge in [0.15, 0.2) is 0 Å². The summed E-state index contributed by atoms with van der Waals surface area (Å²) in [6.45, 7) is 14.1. The number of aryl methyl sites for hydroxylation is 2. The van der Waals surface area contributed by atoms with E-state index < -0.39 is 5.97 Å². The molecule has 0 bridgehead atoms. The molecule has 1 amide bonds. The van der Waals surface area contributed by atoms with Crippen LogP contribution < -0.4 is 0 Å². The Hall–Kier alpha value is -6.09. The first-order valence-corrected chi connectivity index (χ1v) is 18.6. The summed E-state index contributed by atoms with van der Waals surface area (Å²) in [5, 5.41) is 9.14. The van der Waals surface area contributed by atoms with Gasteiger partial charge in [-0.1, -0.05) is 69.2 Å². The maximum absolute atomic E-state index is 13.3. The monoisotopic (exact) mass is 718 g/mol. The van der Waals surface area contributed by atoms with Crippen LogP contribution in [0.2, 0.25) is 0 Å². The van der Waals surface area contributed by atoms with E-state index in [9.17, 15) is 9.59 Å². The molecule has 9 nitrogen and oxygen atoms in total. The van der Waals surface area contributed by atoms with E-state index >= 15 is 0 Å². The van der Waals surface area contributed by atoms with Crippen molar-refractivity contribution < 1.29 is 14.7 Å². The molecule has 1 aliphatic rings. The molecular weight excluding hydrogens is 673 g/mol. The van der Waals surface area contributed by atoms with Crippen LogP contribution in [0.3, 0.4) is 0 Å². The standard InChI is InChI=1S/C27H28N4O.C18H18N2O2/c1-18(2)26-29-24-15-20(8-11-25(24)31(26)23-9-6-19(3)7-10-23)27(32)30-14-12-22(17-30)21-5-4-13-28-16-21;1-11(2)17-19-15-10-13(18(21)22)6-9-16(15)20(17)14-7-4-12(3)5-8-14/h4-11,13,15-16,18,22H,12,14,17H2,1-3H3;4-11H,1-3H3,(H,21,22).